The van der Waals surface area contributed by atoms with E-state index in [1.165, 1.54) is 6.08 Å². The van der Waals surface area contributed by atoms with Gasteiger partial charge in [0.05, 0.1) is 11.6 Å². The van der Waals surface area contributed by atoms with E-state index < -0.39 is 0 Å². The highest BCUT2D eigenvalue weighted by Gasteiger charge is 2.23. The molecule has 0 bridgehead atoms. The first-order valence-corrected chi connectivity index (χ1v) is 4.73. The highest BCUT2D eigenvalue weighted by molar-refractivity contribution is 9.10. The number of halogens is 1. The molecule has 0 fully saturated rings. The van der Waals surface area contributed by atoms with Crippen molar-refractivity contribution >= 4 is 33.1 Å². The van der Waals surface area contributed by atoms with Crippen molar-refractivity contribution in [2.24, 2.45) is 0 Å². The summed E-state index contributed by atoms with van der Waals surface area (Å²) in [5.74, 6) is -0.223. The van der Waals surface area contributed by atoms with E-state index in [0.717, 1.165) is 15.7 Å². The van der Waals surface area contributed by atoms with Crippen LogP contribution in [0.15, 0.2) is 28.7 Å². The third-order valence-corrected chi connectivity index (χ3v) is 2.47. The normalized spacial score (nSPS) is 16.3. The van der Waals surface area contributed by atoms with Gasteiger partial charge in [0.2, 0.25) is 0 Å². The van der Waals surface area contributed by atoms with E-state index in [-0.39, 0.29) is 5.91 Å². The molecule has 1 aliphatic heterocycles. The van der Waals surface area contributed by atoms with E-state index >= 15 is 0 Å². The molecule has 0 unspecified atom stereocenters. The third kappa shape index (κ3) is 1.32. The first kappa shape index (κ1) is 8.97. The van der Waals surface area contributed by atoms with Crippen molar-refractivity contribution < 1.29 is 4.79 Å². The maximum absolute atomic E-state index is 11.4. The zero-order valence-corrected chi connectivity index (χ0v) is 8.63. The maximum Gasteiger partial charge on any atom is 0.257 e. The minimum atomic E-state index is -0.223. The fourth-order valence-electron chi connectivity index (χ4n) is 1.37. The van der Waals surface area contributed by atoms with Gasteiger partial charge < -0.3 is 5.32 Å². The van der Waals surface area contributed by atoms with Gasteiger partial charge in [0.15, 0.2) is 0 Å². The number of carbonyl (C=O) groups excluding carboxylic acids is 1. The van der Waals surface area contributed by atoms with Gasteiger partial charge in [0.1, 0.15) is 0 Å². The molecule has 0 spiro atoms. The SMILES string of the molecule is N#C/C=C1\C(=O)Nc2ccc(Br)cc21. The molecule has 0 saturated carbocycles. The van der Waals surface area contributed by atoms with E-state index in [0.29, 0.717) is 5.57 Å². The van der Waals surface area contributed by atoms with Crippen LogP contribution < -0.4 is 5.32 Å². The maximum atomic E-state index is 11.4. The summed E-state index contributed by atoms with van der Waals surface area (Å²) in [6.07, 6.45) is 1.26. The van der Waals surface area contributed by atoms with Crippen LogP contribution in [0.1, 0.15) is 5.56 Å². The van der Waals surface area contributed by atoms with E-state index in [4.69, 9.17) is 5.26 Å². The molecule has 2 rings (SSSR count). The van der Waals surface area contributed by atoms with Crippen LogP contribution in [0, 0.1) is 11.3 Å². The molecule has 0 aromatic heterocycles. The number of anilines is 1. The Hall–Kier alpha value is -1.60. The number of benzene rings is 1. The number of rotatable bonds is 0. The van der Waals surface area contributed by atoms with Crippen LogP contribution >= 0.6 is 15.9 Å². The fourth-order valence-corrected chi connectivity index (χ4v) is 1.73. The number of nitriles is 1. The first-order chi connectivity index (χ1) is 6.72. The summed E-state index contributed by atoms with van der Waals surface area (Å²) < 4.78 is 0.886. The predicted octanol–water partition coefficient (Wildman–Crippen LogP) is 2.31. The van der Waals surface area contributed by atoms with E-state index in [2.05, 4.69) is 21.2 Å². The minimum absolute atomic E-state index is 0.223. The standard InChI is InChI=1S/C10H5BrN2O/c11-6-1-2-9-8(5-6)7(3-4-12)10(14)13-9/h1-3,5H,(H,13,14)/b7-3-. The number of amides is 1. The van der Waals surface area contributed by atoms with Gasteiger partial charge >= 0.3 is 0 Å². The third-order valence-electron chi connectivity index (χ3n) is 1.97. The molecule has 0 radical (unpaired) electrons. The van der Waals surface area contributed by atoms with Crippen molar-refractivity contribution in [1.29, 1.82) is 5.26 Å². The lowest BCUT2D eigenvalue weighted by atomic mass is 10.1. The van der Waals surface area contributed by atoms with Gasteiger partial charge in [-0.1, -0.05) is 15.9 Å². The second kappa shape index (κ2) is 3.28. The van der Waals surface area contributed by atoms with Crippen molar-refractivity contribution in [3.8, 4) is 6.07 Å². The Kier molecular flexibility index (Phi) is 2.10. The molecule has 1 aromatic rings. The fraction of sp³-hybridized carbons (Fsp3) is 0. The Labute approximate surface area is 89.2 Å². The second-order valence-corrected chi connectivity index (χ2v) is 3.75. The zero-order valence-electron chi connectivity index (χ0n) is 7.04. The van der Waals surface area contributed by atoms with Gasteiger partial charge in [0.25, 0.3) is 5.91 Å². The lowest BCUT2D eigenvalue weighted by Gasteiger charge is -1.97. The second-order valence-electron chi connectivity index (χ2n) is 2.83. The quantitative estimate of drug-likeness (QED) is 0.566. The van der Waals surface area contributed by atoms with Crippen LogP contribution in [0.3, 0.4) is 0 Å². The molecule has 14 heavy (non-hydrogen) atoms. The average Bonchev–Trinajstić information content (AvgIpc) is 2.45. The molecule has 3 nitrogen and oxygen atoms in total. The summed E-state index contributed by atoms with van der Waals surface area (Å²) in [6.45, 7) is 0. The number of hydrogen-bond acceptors (Lipinski definition) is 2. The topological polar surface area (TPSA) is 52.9 Å². The number of allylic oxidation sites excluding steroid dienone is 1. The molecule has 1 aromatic carbocycles. The zero-order chi connectivity index (χ0) is 10.1. The molecule has 1 aliphatic rings. The van der Waals surface area contributed by atoms with Gasteiger partial charge in [-0.3, -0.25) is 4.79 Å². The first-order valence-electron chi connectivity index (χ1n) is 3.93. The smallest absolute Gasteiger partial charge is 0.257 e. The van der Waals surface area contributed by atoms with Crippen LogP contribution in [-0.4, -0.2) is 5.91 Å². The molecule has 68 valence electrons. The van der Waals surface area contributed by atoms with Crippen molar-refractivity contribution in [1.82, 2.24) is 0 Å². The summed E-state index contributed by atoms with van der Waals surface area (Å²) in [7, 11) is 0. The number of fused-ring (bicyclic) bond motifs is 1. The highest BCUT2D eigenvalue weighted by atomic mass is 79.9. The molecule has 1 heterocycles. The number of carbonyl (C=O) groups is 1. The number of nitrogens with one attached hydrogen (secondary N) is 1. The Morgan fingerprint density at radius 2 is 2.29 bits per heavy atom. The monoisotopic (exact) mass is 248 g/mol. The van der Waals surface area contributed by atoms with Crippen LogP contribution in [0.5, 0.6) is 0 Å². The van der Waals surface area contributed by atoms with Crippen LogP contribution in [0.25, 0.3) is 5.57 Å². The lowest BCUT2D eigenvalue weighted by Crippen LogP contribution is -2.03. The summed E-state index contributed by atoms with van der Waals surface area (Å²) in [5, 5.41) is 11.2. The molecular weight excluding hydrogens is 244 g/mol. The minimum Gasteiger partial charge on any atom is -0.321 e. The largest absolute Gasteiger partial charge is 0.321 e. The van der Waals surface area contributed by atoms with Gasteiger partial charge in [-0.2, -0.15) is 5.26 Å². The highest BCUT2D eigenvalue weighted by Crippen LogP contribution is 2.33. The Balaban J connectivity index is 2.62. The molecule has 0 atom stereocenters. The summed E-state index contributed by atoms with van der Waals surface area (Å²) >= 11 is 3.31. The van der Waals surface area contributed by atoms with Gasteiger partial charge in [-0.15, -0.1) is 0 Å². The van der Waals surface area contributed by atoms with Crippen molar-refractivity contribution in [3.63, 3.8) is 0 Å². The molecule has 0 aliphatic carbocycles. The Morgan fingerprint density at radius 1 is 1.50 bits per heavy atom. The molecular formula is C10H5BrN2O. The van der Waals surface area contributed by atoms with Gasteiger partial charge in [-0.05, 0) is 18.2 Å². The van der Waals surface area contributed by atoms with Crippen molar-refractivity contribution in [2.75, 3.05) is 5.32 Å². The van der Waals surface area contributed by atoms with Crippen LogP contribution in [-0.2, 0) is 4.79 Å². The summed E-state index contributed by atoms with van der Waals surface area (Å²) in [4.78, 5) is 11.4. The number of hydrogen-bond donors (Lipinski definition) is 1. The van der Waals surface area contributed by atoms with E-state index in [1.54, 1.807) is 6.07 Å². The van der Waals surface area contributed by atoms with Crippen molar-refractivity contribution in [2.45, 2.75) is 0 Å². The molecule has 0 saturated heterocycles. The molecule has 1 N–H and O–H groups in total. The van der Waals surface area contributed by atoms with Crippen molar-refractivity contribution in [3.05, 3.63) is 34.3 Å². The average molecular weight is 249 g/mol. The Bertz CT molecular complexity index is 485. The summed E-state index contributed by atoms with van der Waals surface area (Å²) in [5.41, 5.74) is 1.94. The van der Waals surface area contributed by atoms with E-state index in [9.17, 15) is 4.79 Å². The van der Waals surface area contributed by atoms with Crippen LogP contribution in [0.2, 0.25) is 0 Å². The number of nitrogens with zero attached hydrogens (tertiary/aromatic N) is 1. The Morgan fingerprint density at radius 3 is 3.00 bits per heavy atom. The lowest BCUT2D eigenvalue weighted by molar-refractivity contribution is -0.110. The van der Waals surface area contributed by atoms with Gasteiger partial charge in [-0.25, -0.2) is 0 Å². The molecule has 1 amide bonds. The summed E-state index contributed by atoms with van der Waals surface area (Å²) in [6, 6.07) is 7.32. The molecule has 4 heteroatoms. The van der Waals surface area contributed by atoms with Crippen LogP contribution in [0.4, 0.5) is 5.69 Å². The predicted molar refractivity (Wildman–Crippen MR) is 56.4 cm³/mol. The van der Waals surface area contributed by atoms with E-state index in [1.807, 2.05) is 18.2 Å². The van der Waals surface area contributed by atoms with Gasteiger partial charge in [0, 0.05) is 21.8 Å².